The molecule has 1 aliphatic carbocycles. The van der Waals surface area contributed by atoms with E-state index in [1.165, 1.54) is 5.56 Å². The highest BCUT2D eigenvalue weighted by atomic mass is 16.5. The normalized spacial score (nSPS) is 22.8. The molecule has 18 heavy (non-hydrogen) atoms. The van der Waals surface area contributed by atoms with Crippen molar-refractivity contribution in [2.75, 3.05) is 20.3 Å². The molecule has 0 radical (unpaired) electrons. The number of hydrogen-bond acceptors (Lipinski definition) is 3. The molecule has 0 aromatic heterocycles. The van der Waals surface area contributed by atoms with Gasteiger partial charge in [-0.25, -0.2) is 0 Å². The number of benzene rings is 1. The highest BCUT2D eigenvalue weighted by Crippen LogP contribution is 2.34. The van der Waals surface area contributed by atoms with Crippen molar-refractivity contribution in [3.05, 3.63) is 35.4 Å². The SMILES string of the molecule is COCCN(C(C)C)C1Cc2ccccc2C1O. The van der Waals surface area contributed by atoms with Gasteiger partial charge >= 0.3 is 0 Å². The van der Waals surface area contributed by atoms with Gasteiger partial charge in [0.25, 0.3) is 0 Å². The Bertz CT molecular complexity index is 392. The quantitative estimate of drug-likeness (QED) is 0.866. The summed E-state index contributed by atoms with van der Waals surface area (Å²) in [6.45, 7) is 5.92. The fourth-order valence-electron chi connectivity index (χ4n) is 2.86. The van der Waals surface area contributed by atoms with Crippen LogP contribution in [-0.2, 0) is 11.2 Å². The lowest BCUT2D eigenvalue weighted by Gasteiger charge is -2.34. The van der Waals surface area contributed by atoms with Gasteiger partial charge in [-0.3, -0.25) is 4.90 Å². The van der Waals surface area contributed by atoms with E-state index in [-0.39, 0.29) is 12.1 Å². The molecule has 1 aromatic rings. The molecule has 0 saturated heterocycles. The summed E-state index contributed by atoms with van der Waals surface area (Å²) in [6.07, 6.45) is 0.555. The first kappa shape index (κ1) is 13.5. The topological polar surface area (TPSA) is 32.7 Å². The van der Waals surface area contributed by atoms with E-state index < -0.39 is 0 Å². The second-order valence-corrected chi connectivity index (χ2v) is 5.24. The largest absolute Gasteiger partial charge is 0.387 e. The van der Waals surface area contributed by atoms with E-state index in [1.807, 2.05) is 18.2 Å². The van der Waals surface area contributed by atoms with Gasteiger partial charge in [-0.1, -0.05) is 24.3 Å². The average Bonchev–Trinajstić information content (AvgIpc) is 2.68. The Kier molecular flexibility index (Phi) is 4.38. The van der Waals surface area contributed by atoms with Crippen LogP contribution in [0.2, 0.25) is 0 Å². The van der Waals surface area contributed by atoms with Gasteiger partial charge in [-0.05, 0) is 31.4 Å². The zero-order valence-corrected chi connectivity index (χ0v) is 11.5. The third-order valence-corrected chi connectivity index (χ3v) is 3.81. The van der Waals surface area contributed by atoms with Crippen molar-refractivity contribution in [2.45, 2.75) is 38.5 Å². The zero-order valence-electron chi connectivity index (χ0n) is 11.5. The molecular weight excluding hydrogens is 226 g/mol. The van der Waals surface area contributed by atoms with Crippen molar-refractivity contribution in [2.24, 2.45) is 0 Å². The van der Waals surface area contributed by atoms with Crippen molar-refractivity contribution in [3.63, 3.8) is 0 Å². The van der Waals surface area contributed by atoms with E-state index >= 15 is 0 Å². The zero-order chi connectivity index (χ0) is 13.1. The highest BCUT2D eigenvalue weighted by molar-refractivity contribution is 5.35. The van der Waals surface area contributed by atoms with Crippen molar-refractivity contribution in [3.8, 4) is 0 Å². The summed E-state index contributed by atoms with van der Waals surface area (Å²) < 4.78 is 5.17. The molecule has 1 aliphatic rings. The van der Waals surface area contributed by atoms with E-state index in [9.17, 15) is 5.11 Å². The first-order chi connectivity index (χ1) is 8.65. The Morgan fingerprint density at radius 1 is 1.39 bits per heavy atom. The molecule has 3 heteroatoms. The standard InChI is InChI=1S/C15H23NO2/c1-11(2)16(8-9-18-3)14-10-12-6-4-5-7-13(12)15(14)17/h4-7,11,14-15,17H,8-10H2,1-3H3. The van der Waals surface area contributed by atoms with Crippen LogP contribution in [0, 0.1) is 0 Å². The predicted octanol–water partition coefficient (Wildman–Crippen LogP) is 2.00. The Labute approximate surface area is 109 Å². The van der Waals surface area contributed by atoms with Crippen molar-refractivity contribution < 1.29 is 9.84 Å². The van der Waals surface area contributed by atoms with Gasteiger partial charge in [0.2, 0.25) is 0 Å². The lowest BCUT2D eigenvalue weighted by atomic mass is 10.1. The van der Waals surface area contributed by atoms with E-state index in [0.29, 0.717) is 12.6 Å². The minimum Gasteiger partial charge on any atom is -0.387 e. The van der Waals surface area contributed by atoms with Crippen LogP contribution in [0.15, 0.2) is 24.3 Å². The molecule has 100 valence electrons. The number of rotatable bonds is 5. The van der Waals surface area contributed by atoms with E-state index in [1.54, 1.807) is 7.11 Å². The summed E-state index contributed by atoms with van der Waals surface area (Å²) in [5, 5.41) is 10.5. The molecule has 0 bridgehead atoms. The smallest absolute Gasteiger partial charge is 0.0951 e. The summed E-state index contributed by atoms with van der Waals surface area (Å²) in [5.41, 5.74) is 2.36. The van der Waals surface area contributed by atoms with Gasteiger partial charge in [-0.2, -0.15) is 0 Å². The van der Waals surface area contributed by atoms with Crippen molar-refractivity contribution >= 4 is 0 Å². The molecular formula is C15H23NO2. The van der Waals surface area contributed by atoms with Gasteiger partial charge < -0.3 is 9.84 Å². The minimum atomic E-state index is -0.375. The summed E-state index contributed by atoms with van der Waals surface area (Å²) in [5.74, 6) is 0. The van der Waals surface area contributed by atoms with E-state index in [2.05, 4.69) is 24.8 Å². The molecule has 2 unspecified atom stereocenters. The number of fused-ring (bicyclic) bond motifs is 1. The minimum absolute atomic E-state index is 0.178. The van der Waals surface area contributed by atoms with Crippen LogP contribution in [0.25, 0.3) is 0 Å². The van der Waals surface area contributed by atoms with E-state index in [0.717, 1.165) is 18.5 Å². The van der Waals surface area contributed by atoms with Crippen LogP contribution < -0.4 is 0 Å². The molecule has 0 aliphatic heterocycles. The van der Waals surface area contributed by atoms with Crippen molar-refractivity contribution in [1.29, 1.82) is 0 Å². The van der Waals surface area contributed by atoms with Crippen LogP contribution in [0.4, 0.5) is 0 Å². The van der Waals surface area contributed by atoms with Crippen LogP contribution in [0.3, 0.4) is 0 Å². The van der Waals surface area contributed by atoms with Crippen LogP contribution in [0.5, 0.6) is 0 Å². The Hall–Kier alpha value is -0.900. The lowest BCUT2D eigenvalue weighted by Crippen LogP contribution is -2.44. The number of hydrogen-bond donors (Lipinski definition) is 1. The fraction of sp³-hybridized carbons (Fsp3) is 0.600. The lowest BCUT2D eigenvalue weighted by molar-refractivity contribution is 0.0259. The maximum absolute atomic E-state index is 10.5. The van der Waals surface area contributed by atoms with Gasteiger partial charge in [0.1, 0.15) is 0 Å². The second kappa shape index (κ2) is 5.83. The van der Waals surface area contributed by atoms with Gasteiger partial charge in [0.15, 0.2) is 0 Å². The van der Waals surface area contributed by atoms with Crippen LogP contribution in [0.1, 0.15) is 31.1 Å². The van der Waals surface area contributed by atoms with Gasteiger partial charge in [-0.15, -0.1) is 0 Å². The molecule has 0 heterocycles. The van der Waals surface area contributed by atoms with Gasteiger partial charge in [0, 0.05) is 25.7 Å². The molecule has 2 atom stereocenters. The average molecular weight is 249 g/mol. The number of aliphatic hydroxyl groups is 1. The second-order valence-electron chi connectivity index (χ2n) is 5.24. The van der Waals surface area contributed by atoms with Gasteiger partial charge in [0.05, 0.1) is 12.7 Å². The molecule has 0 amide bonds. The molecule has 0 fully saturated rings. The predicted molar refractivity (Wildman–Crippen MR) is 72.6 cm³/mol. The first-order valence-corrected chi connectivity index (χ1v) is 6.65. The van der Waals surface area contributed by atoms with Crippen LogP contribution >= 0.6 is 0 Å². The maximum Gasteiger partial charge on any atom is 0.0951 e. The molecule has 0 saturated carbocycles. The summed E-state index contributed by atoms with van der Waals surface area (Å²) >= 11 is 0. The summed E-state index contributed by atoms with van der Waals surface area (Å²) in [4.78, 5) is 2.34. The molecule has 1 aromatic carbocycles. The summed E-state index contributed by atoms with van der Waals surface area (Å²) in [7, 11) is 1.72. The Balaban J connectivity index is 2.14. The van der Waals surface area contributed by atoms with Crippen molar-refractivity contribution in [1.82, 2.24) is 4.90 Å². The Morgan fingerprint density at radius 3 is 2.72 bits per heavy atom. The molecule has 0 spiro atoms. The maximum atomic E-state index is 10.5. The fourth-order valence-corrected chi connectivity index (χ4v) is 2.86. The summed E-state index contributed by atoms with van der Waals surface area (Å²) in [6, 6.07) is 8.79. The number of nitrogens with zero attached hydrogens (tertiary/aromatic N) is 1. The third-order valence-electron chi connectivity index (χ3n) is 3.81. The molecule has 2 rings (SSSR count). The highest BCUT2D eigenvalue weighted by Gasteiger charge is 2.35. The number of aliphatic hydroxyl groups excluding tert-OH is 1. The van der Waals surface area contributed by atoms with E-state index in [4.69, 9.17) is 4.74 Å². The number of methoxy groups -OCH3 is 1. The number of ether oxygens (including phenoxy) is 1. The first-order valence-electron chi connectivity index (χ1n) is 6.65. The molecule has 1 N–H and O–H groups in total. The Morgan fingerprint density at radius 2 is 2.11 bits per heavy atom. The monoisotopic (exact) mass is 249 g/mol. The van der Waals surface area contributed by atoms with Crippen LogP contribution in [-0.4, -0.2) is 42.4 Å². The third kappa shape index (κ3) is 2.58. The molecule has 3 nitrogen and oxygen atoms in total.